The number of nitrogens with one attached hydrogen (secondary N) is 1. The van der Waals surface area contributed by atoms with Crippen LogP contribution in [0, 0.1) is 0 Å². The second-order valence-electron chi connectivity index (χ2n) is 4.91. The molecule has 0 radical (unpaired) electrons. The van der Waals surface area contributed by atoms with E-state index in [1.165, 1.54) is 0 Å². The lowest BCUT2D eigenvalue weighted by Crippen LogP contribution is -2.39. The lowest BCUT2D eigenvalue weighted by Gasteiger charge is -2.17. The summed E-state index contributed by atoms with van der Waals surface area (Å²) < 4.78 is 7.39. The van der Waals surface area contributed by atoms with E-state index < -0.39 is 0 Å². The molecule has 0 aliphatic carbocycles. The van der Waals surface area contributed by atoms with Crippen LogP contribution in [0.4, 0.5) is 0 Å². The standard InChI is InChI=1S/C16H21N3O2/c1-2-15(10-19-9-8-17-13-19)18-16(20)12-21-11-14-6-4-3-5-7-14/h3-9,13,15H,2,10-12H2,1H3,(H,18,20)/t15-/m0/s1. The Labute approximate surface area is 125 Å². The van der Waals surface area contributed by atoms with E-state index in [0.29, 0.717) is 6.61 Å². The molecule has 1 atom stereocenters. The number of hydrogen-bond acceptors (Lipinski definition) is 3. The van der Waals surface area contributed by atoms with E-state index in [2.05, 4.69) is 10.3 Å². The Hall–Kier alpha value is -2.14. The zero-order valence-electron chi connectivity index (χ0n) is 12.2. The molecule has 1 aromatic heterocycles. The Morgan fingerprint density at radius 3 is 2.86 bits per heavy atom. The molecule has 1 aromatic carbocycles. The fourth-order valence-electron chi connectivity index (χ4n) is 2.03. The van der Waals surface area contributed by atoms with Crippen molar-refractivity contribution in [1.29, 1.82) is 0 Å². The van der Waals surface area contributed by atoms with E-state index in [4.69, 9.17) is 4.74 Å². The number of amides is 1. The van der Waals surface area contributed by atoms with Gasteiger partial charge in [0.25, 0.3) is 0 Å². The zero-order valence-corrected chi connectivity index (χ0v) is 12.2. The average Bonchev–Trinajstić information content (AvgIpc) is 3.00. The molecule has 0 unspecified atom stereocenters. The van der Waals surface area contributed by atoms with Crippen molar-refractivity contribution in [3.63, 3.8) is 0 Å². The summed E-state index contributed by atoms with van der Waals surface area (Å²) in [5.41, 5.74) is 1.07. The molecule has 2 aromatic rings. The Morgan fingerprint density at radius 1 is 1.38 bits per heavy atom. The first-order valence-electron chi connectivity index (χ1n) is 7.14. The summed E-state index contributed by atoms with van der Waals surface area (Å²) in [6.45, 7) is 3.30. The normalized spacial score (nSPS) is 12.0. The molecule has 21 heavy (non-hydrogen) atoms. The van der Waals surface area contributed by atoms with E-state index >= 15 is 0 Å². The predicted octanol–water partition coefficient (Wildman–Crippen LogP) is 1.99. The molecule has 1 heterocycles. The molecule has 1 amide bonds. The molecular weight excluding hydrogens is 266 g/mol. The molecule has 2 rings (SSSR count). The lowest BCUT2D eigenvalue weighted by molar-refractivity contribution is -0.126. The van der Waals surface area contributed by atoms with E-state index in [1.807, 2.05) is 48.0 Å². The molecule has 0 bridgehead atoms. The zero-order chi connectivity index (χ0) is 14.9. The van der Waals surface area contributed by atoms with E-state index in [0.717, 1.165) is 18.5 Å². The topological polar surface area (TPSA) is 56.2 Å². The summed E-state index contributed by atoms with van der Waals surface area (Å²) in [6, 6.07) is 9.91. The van der Waals surface area contributed by atoms with Crippen molar-refractivity contribution in [1.82, 2.24) is 14.9 Å². The summed E-state index contributed by atoms with van der Waals surface area (Å²) in [5, 5.41) is 2.98. The van der Waals surface area contributed by atoms with Gasteiger partial charge in [-0.1, -0.05) is 37.3 Å². The van der Waals surface area contributed by atoms with Gasteiger partial charge in [-0.15, -0.1) is 0 Å². The fraction of sp³-hybridized carbons (Fsp3) is 0.375. The number of carbonyl (C=O) groups is 1. The van der Waals surface area contributed by atoms with Gasteiger partial charge in [-0.2, -0.15) is 0 Å². The van der Waals surface area contributed by atoms with Crippen LogP contribution in [0.5, 0.6) is 0 Å². The molecule has 0 spiro atoms. The SMILES string of the molecule is CC[C@@H](Cn1ccnc1)NC(=O)COCc1ccccc1. The van der Waals surface area contributed by atoms with E-state index in [-0.39, 0.29) is 18.6 Å². The first kappa shape index (κ1) is 15.3. The number of hydrogen-bond donors (Lipinski definition) is 1. The number of aromatic nitrogens is 2. The highest BCUT2D eigenvalue weighted by Gasteiger charge is 2.11. The van der Waals surface area contributed by atoms with Crippen molar-refractivity contribution in [2.75, 3.05) is 6.61 Å². The molecule has 0 fully saturated rings. The Kier molecular flexibility index (Phi) is 5.97. The number of carbonyl (C=O) groups excluding carboxylic acids is 1. The minimum absolute atomic E-state index is 0.0787. The molecular formula is C16H21N3O2. The summed E-state index contributed by atoms with van der Waals surface area (Å²) in [4.78, 5) is 15.9. The quantitative estimate of drug-likeness (QED) is 0.808. The van der Waals surface area contributed by atoms with Crippen LogP contribution >= 0.6 is 0 Å². The largest absolute Gasteiger partial charge is 0.367 e. The predicted molar refractivity (Wildman–Crippen MR) is 80.5 cm³/mol. The number of ether oxygens (including phenoxy) is 1. The maximum absolute atomic E-state index is 11.9. The van der Waals surface area contributed by atoms with Crippen LogP contribution in [0.25, 0.3) is 0 Å². The smallest absolute Gasteiger partial charge is 0.246 e. The van der Waals surface area contributed by atoms with Gasteiger partial charge in [0.15, 0.2) is 0 Å². The van der Waals surface area contributed by atoms with Crippen molar-refractivity contribution in [3.05, 3.63) is 54.6 Å². The Morgan fingerprint density at radius 2 is 2.19 bits per heavy atom. The number of rotatable bonds is 8. The minimum Gasteiger partial charge on any atom is -0.367 e. The van der Waals surface area contributed by atoms with Gasteiger partial charge in [0.2, 0.25) is 5.91 Å². The van der Waals surface area contributed by atoms with Crippen molar-refractivity contribution >= 4 is 5.91 Å². The van der Waals surface area contributed by atoms with Gasteiger partial charge in [-0.3, -0.25) is 4.79 Å². The second-order valence-corrected chi connectivity index (χ2v) is 4.91. The monoisotopic (exact) mass is 287 g/mol. The van der Waals surface area contributed by atoms with Gasteiger partial charge in [-0.25, -0.2) is 4.98 Å². The van der Waals surface area contributed by atoms with Gasteiger partial charge >= 0.3 is 0 Å². The van der Waals surface area contributed by atoms with Crippen LogP contribution in [0.3, 0.4) is 0 Å². The lowest BCUT2D eigenvalue weighted by atomic mass is 10.2. The summed E-state index contributed by atoms with van der Waals surface area (Å²) in [5.74, 6) is -0.0853. The minimum atomic E-state index is -0.0853. The summed E-state index contributed by atoms with van der Waals surface area (Å²) >= 11 is 0. The molecule has 0 aliphatic rings. The van der Waals surface area contributed by atoms with Gasteiger partial charge in [0.1, 0.15) is 6.61 Å². The van der Waals surface area contributed by atoms with Crippen LogP contribution in [0.1, 0.15) is 18.9 Å². The maximum atomic E-state index is 11.9. The van der Waals surface area contributed by atoms with E-state index in [1.54, 1.807) is 12.5 Å². The molecule has 5 heteroatoms. The third-order valence-corrected chi connectivity index (χ3v) is 3.19. The van der Waals surface area contributed by atoms with Crippen molar-refractivity contribution in [2.45, 2.75) is 32.5 Å². The summed E-state index contributed by atoms with van der Waals surface area (Å²) in [7, 11) is 0. The van der Waals surface area contributed by atoms with E-state index in [9.17, 15) is 4.79 Å². The van der Waals surface area contributed by atoms with Gasteiger partial charge in [-0.05, 0) is 12.0 Å². The molecule has 0 aliphatic heterocycles. The molecule has 112 valence electrons. The third-order valence-electron chi connectivity index (χ3n) is 3.19. The molecule has 0 saturated carbocycles. The highest BCUT2D eigenvalue weighted by Crippen LogP contribution is 2.01. The van der Waals surface area contributed by atoms with Crippen LogP contribution in [-0.4, -0.2) is 28.1 Å². The van der Waals surface area contributed by atoms with Gasteiger partial charge in [0.05, 0.1) is 12.9 Å². The van der Waals surface area contributed by atoms with Crippen molar-refractivity contribution in [3.8, 4) is 0 Å². The first-order chi connectivity index (χ1) is 10.3. The third kappa shape index (κ3) is 5.39. The number of nitrogens with zero attached hydrogens (tertiary/aromatic N) is 2. The van der Waals surface area contributed by atoms with Crippen LogP contribution in [-0.2, 0) is 22.7 Å². The molecule has 5 nitrogen and oxygen atoms in total. The maximum Gasteiger partial charge on any atom is 0.246 e. The molecule has 1 N–H and O–H groups in total. The summed E-state index contributed by atoms with van der Waals surface area (Å²) in [6.07, 6.45) is 6.24. The van der Waals surface area contributed by atoms with Crippen LogP contribution in [0.2, 0.25) is 0 Å². The highest BCUT2D eigenvalue weighted by molar-refractivity contribution is 5.77. The second kappa shape index (κ2) is 8.21. The van der Waals surface area contributed by atoms with Crippen LogP contribution < -0.4 is 5.32 Å². The number of benzene rings is 1. The molecule has 0 saturated heterocycles. The van der Waals surface area contributed by atoms with Gasteiger partial charge < -0.3 is 14.6 Å². The average molecular weight is 287 g/mol. The Balaban J connectivity index is 1.70. The van der Waals surface area contributed by atoms with Crippen LogP contribution in [0.15, 0.2) is 49.1 Å². The Bertz CT molecular complexity index is 526. The van der Waals surface area contributed by atoms with Crippen molar-refractivity contribution in [2.24, 2.45) is 0 Å². The highest BCUT2D eigenvalue weighted by atomic mass is 16.5. The van der Waals surface area contributed by atoms with Crippen molar-refractivity contribution < 1.29 is 9.53 Å². The number of imidazole rings is 1. The van der Waals surface area contributed by atoms with Gasteiger partial charge in [0, 0.05) is 25.0 Å². The fourth-order valence-corrected chi connectivity index (χ4v) is 2.03. The first-order valence-corrected chi connectivity index (χ1v) is 7.14.